The smallest absolute Gasteiger partial charge is 0.142 e. The summed E-state index contributed by atoms with van der Waals surface area (Å²) < 4.78 is 18.9. The van der Waals surface area contributed by atoms with Gasteiger partial charge in [-0.1, -0.05) is 35.9 Å². The van der Waals surface area contributed by atoms with E-state index in [-0.39, 0.29) is 16.9 Å². The van der Waals surface area contributed by atoms with Crippen LogP contribution in [-0.2, 0) is 12.8 Å². The molecule has 0 spiro atoms. The molecule has 0 aliphatic rings. The summed E-state index contributed by atoms with van der Waals surface area (Å²) in [5, 5.41) is 3.43. The number of hydrogen-bond acceptors (Lipinski definition) is 2. The molecule has 0 bridgehead atoms. The van der Waals surface area contributed by atoms with E-state index >= 15 is 0 Å². The molecule has 4 heteroatoms. The molecular weight excluding hydrogens is 289 g/mol. The molecule has 2 rings (SSSR count). The summed E-state index contributed by atoms with van der Waals surface area (Å²) in [5.41, 5.74) is 2.06. The summed E-state index contributed by atoms with van der Waals surface area (Å²) in [4.78, 5) is 0. The van der Waals surface area contributed by atoms with Gasteiger partial charge in [-0.2, -0.15) is 0 Å². The van der Waals surface area contributed by atoms with Crippen LogP contribution < -0.4 is 10.1 Å². The standard InChI is InChI=1S/C17H19ClFNO/c1-20-14(9-12-7-8-15(18)16(19)10-12)11-13-5-3-4-6-17(13)21-2/h3-8,10,14,20H,9,11H2,1-2H3. The zero-order valence-corrected chi connectivity index (χ0v) is 13.0. The maximum Gasteiger partial charge on any atom is 0.142 e. The van der Waals surface area contributed by atoms with Crippen LogP contribution in [-0.4, -0.2) is 20.2 Å². The van der Waals surface area contributed by atoms with E-state index in [1.165, 1.54) is 6.07 Å². The lowest BCUT2D eigenvalue weighted by atomic mass is 9.98. The number of benzene rings is 2. The first-order chi connectivity index (χ1) is 10.1. The van der Waals surface area contributed by atoms with Crippen molar-refractivity contribution in [1.82, 2.24) is 5.32 Å². The Bertz CT molecular complexity index is 603. The van der Waals surface area contributed by atoms with Crippen LogP contribution in [0, 0.1) is 5.82 Å². The molecule has 2 nitrogen and oxygen atoms in total. The molecule has 1 atom stereocenters. The molecule has 0 aliphatic heterocycles. The van der Waals surface area contributed by atoms with Gasteiger partial charge in [0.1, 0.15) is 11.6 Å². The molecule has 0 amide bonds. The molecule has 0 aliphatic carbocycles. The van der Waals surface area contributed by atoms with Gasteiger partial charge < -0.3 is 10.1 Å². The van der Waals surface area contributed by atoms with Crippen molar-refractivity contribution in [1.29, 1.82) is 0 Å². The zero-order valence-electron chi connectivity index (χ0n) is 12.2. The molecule has 0 saturated heterocycles. The van der Waals surface area contributed by atoms with Crippen LogP contribution in [0.4, 0.5) is 4.39 Å². The fraction of sp³-hybridized carbons (Fsp3) is 0.294. The lowest BCUT2D eigenvalue weighted by Gasteiger charge is -2.18. The van der Waals surface area contributed by atoms with Crippen LogP contribution in [0.3, 0.4) is 0 Å². The van der Waals surface area contributed by atoms with Gasteiger partial charge in [-0.05, 0) is 49.2 Å². The van der Waals surface area contributed by atoms with Crippen molar-refractivity contribution in [3.05, 3.63) is 64.4 Å². The van der Waals surface area contributed by atoms with E-state index in [0.29, 0.717) is 0 Å². The van der Waals surface area contributed by atoms with Crippen molar-refractivity contribution < 1.29 is 9.13 Å². The van der Waals surface area contributed by atoms with E-state index in [2.05, 4.69) is 5.32 Å². The maximum absolute atomic E-state index is 13.5. The second kappa shape index (κ2) is 7.43. The number of methoxy groups -OCH3 is 1. The zero-order chi connectivity index (χ0) is 15.2. The van der Waals surface area contributed by atoms with E-state index in [9.17, 15) is 4.39 Å². The number of likely N-dealkylation sites (N-methyl/N-ethyl adjacent to an activating group) is 1. The largest absolute Gasteiger partial charge is 0.496 e. The monoisotopic (exact) mass is 307 g/mol. The Kier molecular flexibility index (Phi) is 5.59. The van der Waals surface area contributed by atoms with Crippen LogP contribution >= 0.6 is 11.6 Å². The van der Waals surface area contributed by atoms with Gasteiger partial charge in [-0.25, -0.2) is 4.39 Å². The summed E-state index contributed by atoms with van der Waals surface area (Å²) >= 11 is 5.71. The van der Waals surface area contributed by atoms with Crippen LogP contribution in [0.5, 0.6) is 5.75 Å². The molecule has 0 saturated carbocycles. The second-order valence-electron chi connectivity index (χ2n) is 4.95. The van der Waals surface area contributed by atoms with Crippen LogP contribution in [0.2, 0.25) is 5.02 Å². The van der Waals surface area contributed by atoms with Crippen LogP contribution in [0.15, 0.2) is 42.5 Å². The molecule has 2 aromatic rings. The Morgan fingerprint density at radius 3 is 2.62 bits per heavy atom. The van der Waals surface area contributed by atoms with E-state index in [1.54, 1.807) is 13.2 Å². The number of ether oxygens (including phenoxy) is 1. The van der Waals surface area contributed by atoms with Crippen molar-refractivity contribution in [3.63, 3.8) is 0 Å². The first kappa shape index (κ1) is 15.8. The number of halogens is 2. The number of hydrogen-bond donors (Lipinski definition) is 1. The van der Waals surface area contributed by atoms with Gasteiger partial charge >= 0.3 is 0 Å². The molecule has 0 aromatic heterocycles. The van der Waals surface area contributed by atoms with Gasteiger partial charge in [0.2, 0.25) is 0 Å². The van der Waals surface area contributed by atoms with Gasteiger partial charge in [0.25, 0.3) is 0 Å². The summed E-state index contributed by atoms with van der Waals surface area (Å²) in [7, 11) is 3.58. The lowest BCUT2D eigenvalue weighted by Crippen LogP contribution is -2.30. The quantitative estimate of drug-likeness (QED) is 0.875. The third kappa shape index (κ3) is 4.19. The van der Waals surface area contributed by atoms with Gasteiger partial charge in [-0.3, -0.25) is 0 Å². The highest BCUT2D eigenvalue weighted by Gasteiger charge is 2.12. The molecule has 1 N–H and O–H groups in total. The predicted octanol–water partition coefficient (Wildman–Crippen LogP) is 3.86. The first-order valence-electron chi connectivity index (χ1n) is 6.87. The average Bonchev–Trinajstić information content (AvgIpc) is 2.50. The highest BCUT2D eigenvalue weighted by Crippen LogP contribution is 2.21. The highest BCUT2D eigenvalue weighted by atomic mass is 35.5. The fourth-order valence-electron chi connectivity index (χ4n) is 2.36. The Hall–Kier alpha value is -1.58. The van der Waals surface area contributed by atoms with E-state index in [0.717, 1.165) is 29.7 Å². The van der Waals surface area contributed by atoms with Crippen molar-refractivity contribution in [2.75, 3.05) is 14.2 Å². The molecule has 0 fully saturated rings. The molecule has 112 valence electrons. The molecule has 0 heterocycles. The van der Waals surface area contributed by atoms with Gasteiger partial charge in [0.15, 0.2) is 0 Å². The molecule has 0 radical (unpaired) electrons. The van der Waals surface area contributed by atoms with E-state index in [1.807, 2.05) is 37.4 Å². The highest BCUT2D eigenvalue weighted by molar-refractivity contribution is 6.30. The third-order valence-corrected chi connectivity index (χ3v) is 3.84. The second-order valence-corrected chi connectivity index (χ2v) is 5.36. The van der Waals surface area contributed by atoms with Crippen molar-refractivity contribution in [2.24, 2.45) is 0 Å². The average molecular weight is 308 g/mol. The summed E-state index contributed by atoms with van der Waals surface area (Å²) in [5.74, 6) is 0.501. The minimum absolute atomic E-state index is 0.157. The number of rotatable bonds is 6. The topological polar surface area (TPSA) is 21.3 Å². The van der Waals surface area contributed by atoms with Crippen LogP contribution in [0.1, 0.15) is 11.1 Å². The molecule has 21 heavy (non-hydrogen) atoms. The summed E-state index contributed by atoms with van der Waals surface area (Å²) in [6.45, 7) is 0. The normalized spacial score (nSPS) is 12.2. The molecular formula is C17H19ClFNO. The lowest BCUT2D eigenvalue weighted by molar-refractivity contribution is 0.406. The number of nitrogens with one attached hydrogen (secondary N) is 1. The minimum atomic E-state index is -0.374. The predicted molar refractivity (Wildman–Crippen MR) is 84.7 cm³/mol. The Labute approximate surface area is 129 Å². The molecule has 2 aromatic carbocycles. The van der Waals surface area contributed by atoms with Crippen LogP contribution in [0.25, 0.3) is 0 Å². The van der Waals surface area contributed by atoms with Gasteiger partial charge in [0, 0.05) is 6.04 Å². The van der Waals surface area contributed by atoms with E-state index in [4.69, 9.17) is 16.3 Å². The van der Waals surface area contributed by atoms with Crippen molar-refractivity contribution in [2.45, 2.75) is 18.9 Å². The van der Waals surface area contributed by atoms with Gasteiger partial charge in [-0.15, -0.1) is 0 Å². The maximum atomic E-state index is 13.5. The Morgan fingerprint density at radius 1 is 1.19 bits per heavy atom. The SMILES string of the molecule is CNC(Cc1ccc(Cl)c(F)c1)Cc1ccccc1OC. The Balaban J connectivity index is 2.11. The number of para-hydroxylation sites is 1. The fourth-order valence-corrected chi connectivity index (χ4v) is 2.48. The summed E-state index contributed by atoms with van der Waals surface area (Å²) in [6, 6.07) is 13.1. The summed E-state index contributed by atoms with van der Waals surface area (Å²) in [6.07, 6.45) is 1.54. The Morgan fingerprint density at radius 2 is 1.95 bits per heavy atom. The molecule has 1 unspecified atom stereocenters. The third-order valence-electron chi connectivity index (χ3n) is 3.53. The first-order valence-corrected chi connectivity index (χ1v) is 7.25. The van der Waals surface area contributed by atoms with Gasteiger partial charge in [0.05, 0.1) is 12.1 Å². The van der Waals surface area contributed by atoms with Crippen molar-refractivity contribution in [3.8, 4) is 5.75 Å². The van der Waals surface area contributed by atoms with E-state index < -0.39 is 0 Å². The minimum Gasteiger partial charge on any atom is -0.496 e. The van der Waals surface area contributed by atoms with Crippen molar-refractivity contribution >= 4 is 11.6 Å².